The summed E-state index contributed by atoms with van der Waals surface area (Å²) in [4.78, 5) is 27.6. The van der Waals surface area contributed by atoms with Crippen LogP contribution in [0.4, 0.5) is 4.79 Å². The average molecular weight is 301 g/mol. The maximum atomic E-state index is 11.6. The van der Waals surface area contributed by atoms with Crippen LogP contribution in [0.5, 0.6) is 0 Å². The van der Waals surface area contributed by atoms with Gasteiger partial charge in [0.2, 0.25) is 0 Å². The standard InChI is InChI=1S/C15H15N3O2S/c1-9(2)7-18-8-16-11-4-3-10(5-12(11)18)6-13-14(19)17-15(20)21-13/h3-6,8-9H,7H2,1-2H3,(H,17,19,20). The monoisotopic (exact) mass is 301 g/mol. The van der Waals surface area contributed by atoms with E-state index < -0.39 is 0 Å². The normalized spacial score (nSPS) is 17.2. The molecule has 5 nitrogen and oxygen atoms in total. The summed E-state index contributed by atoms with van der Waals surface area (Å²) in [7, 11) is 0. The molecule has 1 aliphatic heterocycles. The molecule has 21 heavy (non-hydrogen) atoms. The maximum Gasteiger partial charge on any atom is 0.290 e. The molecule has 1 aliphatic rings. The van der Waals surface area contributed by atoms with Crippen molar-refractivity contribution in [1.82, 2.24) is 14.9 Å². The molecule has 1 fully saturated rings. The number of imide groups is 1. The lowest BCUT2D eigenvalue weighted by atomic mass is 10.1. The third-order valence-electron chi connectivity index (χ3n) is 3.15. The molecule has 108 valence electrons. The number of carbonyl (C=O) groups is 2. The summed E-state index contributed by atoms with van der Waals surface area (Å²) >= 11 is 0.930. The number of aromatic nitrogens is 2. The van der Waals surface area contributed by atoms with Crippen molar-refractivity contribution in [2.24, 2.45) is 5.92 Å². The van der Waals surface area contributed by atoms with Crippen molar-refractivity contribution >= 4 is 40.0 Å². The third-order valence-corrected chi connectivity index (χ3v) is 3.96. The van der Waals surface area contributed by atoms with Crippen LogP contribution >= 0.6 is 11.8 Å². The Balaban J connectivity index is 1.98. The van der Waals surface area contributed by atoms with Gasteiger partial charge in [-0.2, -0.15) is 0 Å². The van der Waals surface area contributed by atoms with Crippen molar-refractivity contribution in [2.75, 3.05) is 0 Å². The van der Waals surface area contributed by atoms with Crippen LogP contribution in [0.25, 0.3) is 17.1 Å². The smallest absolute Gasteiger partial charge is 0.290 e. The molecule has 1 aromatic carbocycles. The molecule has 1 N–H and O–H groups in total. The summed E-state index contributed by atoms with van der Waals surface area (Å²) < 4.78 is 2.11. The predicted molar refractivity (Wildman–Crippen MR) is 83.7 cm³/mol. The van der Waals surface area contributed by atoms with Crippen LogP contribution in [0.3, 0.4) is 0 Å². The Morgan fingerprint density at radius 3 is 2.86 bits per heavy atom. The number of benzene rings is 1. The molecule has 0 radical (unpaired) electrons. The highest BCUT2D eigenvalue weighted by Gasteiger charge is 2.24. The number of nitrogens with zero attached hydrogens (tertiary/aromatic N) is 2. The SMILES string of the molecule is CC(C)Cn1cnc2ccc(C=C3SC(=O)NC3=O)cc21. The van der Waals surface area contributed by atoms with E-state index in [2.05, 4.69) is 28.7 Å². The van der Waals surface area contributed by atoms with Gasteiger partial charge in [-0.1, -0.05) is 19.9 Å². The lowest BCUT2D eigenvalue weighted by Crippen LogP contribution is -2.17. The van der Waals surface area contributed by atoms with Gasteiger partial charge in [0, 0.05) is 6.54 Å². The Morgan fingerprint density at radius 2 is 2.19 bits per heavy atom. The molecule has 0 saturated carbocycles. The number of fused-ring (bicyclic) bond motifs is 1. The zero-order valence-electron chi connectivity index (χ0n) is 11.8. The summed E-state index contributed by atoms with van der Waals surface area (Å²) in [5.41, 5.74) is 2.85. The minimum Gasteiger partial charge on any atom is -0.330 e. The van der Waals surface area contributed by atoms with Gasteiger partial charge in [-0.15, -0.1) is 0 Å². The summed E-state index contributed by atoms with van der Waals surface area (Å²) in [6.07, 6.45) is 3.57. The second-order valence-corrected chi connectivity index (χ2v) is 6.41. The van der Waals surface area contributed by atoms with Gasteiger partial charge < -0.3 is 4.57 Å². The number of amides is 2. The van der Waals surface area contributed by atoms with Crippen LogP contribution in [0, 0.1) is 5.92 Å². The molecule has 6 heteroatoms. The van der Waals surface area contributed by atoms with Crippen LogP contribution < -0.4 is 5.32 Å². The van der Waals surface area contributed by atoms with Gasteiger partial charge >= 0.3 is 0 Å². The van der Waals surface area contributed by atoms with Crippen LogP contribution in [-0.4, -0.2) is 20.7 Å². The van der Waals surface area contributed by atoms with Gasteiger partial charge in [0.15, 0.2) is 0 Å². The van der Waals surface area contributed by atoms with Crippen LogP contribution in [0.1, 0.15) is 19.4 Å². The molecule has 0 unspecified atom stereocenters. The second-order valence-electron chi connectivity index (χ2n) is 5.39. The van der Waals surface area contributed by atoms with E-state index in [9.17, 15) is 9.59 Å². The van der Waals surface area contributed by atoms with E-state index >= 15 is 0 Å². The number of carbonyl (C=O) groups excluding carboxylic acids is 2. The molecule has 3 rings (SSSR count). The van der Waals surface area contributed by atoms with E-state index in [1.54, 1.807) is 6.08 Å². The van der Waals surface area contributed by atoms with E-state index in [0.29, 0.717) is 10.8 Å². The molecule has 0 spiro atoms. The molecule has 2 aromatic rings. The van der Waals surface area contributed by atoms with Crippen molar-refractivity contribution in [3.05, 3.63) is 35.0 Å². The minimum absolute atomic E-state index is 0.322. The van der Waals surface area contributed by atoms with Crippen LogP contribution in [-0.2, 0) is 11.3 Å². The molecule has 0 aliphatic carbocycles. The molecule has 1 saturated heterocycles. The topological polar surface area (TPSA) is 64.0 Å². The lowest BCUT2D eigenvalue weighted by Gasteiger charge is -2.07. The van der Waals surface area contributed by atoms with E-state index in [-0.39, 0.29) is 11.1 Å². The third kappa shape index (κ3) is 2.85. The Kier molecular flexibility index (Phi) is 3.55. The first-order valence-electron chi connectivity index (χ1n) is 6.72. The highest BCUT2D eigenvalue weighted by atomic mass is 32.2. The Bertz CT molecular complexity index is 761. The largest absolute Gasteiger partial charge is 0.330 e. The number of thioether (sulfide) groups is 1. The first-order chi connectivity index (χ1) is 10.0. The summed E-state index contributed by atoms with van der Waals surface area (Å²) in [6, 6.07) is 5.82. The van der Waals surface area contributed by atoms with Crippen LogP contribution in [0.2, 0.25) is 0 Å². The van der Waals surface area contributed by atoms with Gasteiger partial charge in [0.25, 0.3) is 11.1 Å². The quantitative estimate of drug-likeness (QED) is 0.885. The Morgan fingerprint density at radius 1 is 1.38 bits per heavy atom. The number of imidazole rings is 1. The summed E-state index contributed by atoms with van der Waals surface area (Å²) in [6.45, 7) is 5.20. The fourth-order valence-corrected chi connectivity index (χ4v) is 2.96. The van der Waals surface area contributed by atoms with E-state index in [4.69, 9.17) is 0 Å². The number of hydrogen-bond acceptors (Lipinski definition) is 4. The summed E-state index contributed by atoms with van der Waals surface area (Å²) in [5.74, 6) is 0.194. The van der Waals surface area contributed by atoms with Crippen molar-refractivity contribution in [1.29, 1.82) is 0 Å². The molecular formula is C15H15N3O2S. The van der Waals surface area contributed by atoms with E-state index in [0.717, 1.165) is 34.9 Å². The van der Waals surface area contributed by atoms with Gasteiger partial charge in [0.1, 0.15) is 0 Å². The molecule has 2 amide bonds. The second kappa shape index (κ2) is 5.37. The summed E-state index contributed by atoms with van der Waals surface area (Å²) in [5, 5.41) is 1.93. The molecule has 0 atom stereocenters. The zero-order chi connectivity index (χ0) is 15.0. The lowest BCUT2D eigenvalue weighted by molar-refractivity contribution is -0.115. The Hall–Kier alpha value is -2.08. The zero-order valence-corrected chi connectivity index (χ0v) is 12.6. The highest BCUT2D eigenvalue weighted by Crippen LogP contribution is 2.26. The predicted octanol–water partition coefficient (Wildman–Crippen LogP) is 3.02. The van der Waals surface area contributed by atoms with Gasteiger partial charge in [-0.25, -0.2) is 4.98 Å². The van der Waals surface area contributed by atoms with Crippen LogP contribution in [0.15, 0.2) is 29.4 Å². The fraction of sp³-hybridized carbons (Fsp3) is 0.267. The van der Waals surface area contributed by atoms with Gasteiger partial charge in [-0.05, 0) is 41.5 Å². The minimum atomic E-state index is -0.333. The molecule has 2 heterocycles. The van der Waals surface area contributed by atoms with E-state index in [1.165, 1.54) is 0 Å². The number of rotatable bonds is 3. The first-order valence-corrected chi connectivity index (χ1v) is 7.54. The maximum absolute atomic E-state index is 11.6. The van der Waals surface area contributed by atoms with E-state index in [1.807, 2.05) is 24.5 Å². The van der Waals surface area contributed by atoms with Crippen molar-refractivity contribution in [3.8, 4) is 0 Å². The van der Waals surface area contributed by atoms with Crippen molar-refractivity contribution in [2.45, 2.75) is 20.4 Å². The molecule has 0 bridgehead atoms. The van der Waals surface area contributed by atoms with Crippen molar-refractivity contribution in [3.63, 3.8) is 0 Å². The highest BCUT2D eigenvalue weighted by molar-refractivity contribution is 8.18. The van der Waals surface area contributed by atoms with Crippen molar-refractivity contribution < 1.29 is 9.59 Å². The molecule has 1 aromatic heterocycles. The average Bonchev–Trinajstić information content (AvgIpc) is 2.93. The molecular weight excluding hydrogens is 286 g/mol. The Labute approximate surface area is 126 Å². The first kappa shape index (κ1) is 13.9. The van der Waals surface area contributed by atoms with Gasteiger partial charge in [0.05, 0.1) is 22.3 Å². The number of nitrogens with one attached hydrogen (secondary N) is 1. The fourth-order valence-electron chi connectivity index (χ4n) is 2.27. The number of hydrogen-bond donors (Lipinski definition) is 1. The van der Waals surface area contributed by atoms with Gasteiger partial charge in [-0.3, -0.25) is 14.9 Å².